The summed E-state index contributed by atoms with van der Waals surface area (Å²) < 4.78 is 8.59. The van der Waals surface area contributed by atoms with Gasteiger partial charge < -0.3 is 15.0 Å². The predicted octanol–water partition coefficient (Wildman–Crippen LogP) is 3.56. The number of benzene rings is 1. The maximum atomic E-state index is 12.4. The second kappa shape index (κ2) is 7.48. The Morgan fingerprint density at radius 2 is 2.14 bits per heavy atom. The lowest BCUT2D eigenvalue weighted by atomic mass is 9.92. The molecule has 1 aromatic carbocycles. The highest BCUT2D eigenvalue weighted by Gasteiger charge is 2.31. The van der Waals surface area contributed by atoms with Gasteiger partial charge in [0, 0.05) is 48.3 Å². The first-order valence-electron chi connectivity index (χ1n) is 11.0. The zero-order valence-electron chi connectivity index (χ0n) is 17.4. The number of nitrogens with zero attached hydrogens (tertiary/aromatic N) is 3. The van der Waals surface area contributed by atoms with Crippen LogP contribution in [0.25, 0.3) is 11.1 Å². The zero-order chi connectivity index (χ0) is 20.0. The van der Waals surface area contributed by atoms with Crippen LogP contribution in [0.2, 0.25) is 0 Å². The van der Waals surface area contributed by atoms with E-state index in [4.69, 9.17) is 4.74 Å². The molecule has 154 valence electrons. The quantitative estimate of drug-likeness (QED) is 0.842. The first kappa shape index (κ1) is 18.7. The average Bonchev–Trinajstić information content (AvgIpc) is 3.22. The largest absolute Gasteiger partial charge is 0.492 e. The summed E-state index contributed by atoms with van der Waals surface area (Å²) in [4.78, 5) is 14.3. The van der Waals surface area contributed by atoms with E-state index in [-0.39, 0.29) is 11.9 Å². The summed E-state index contributed by atoms with van der Waals surface area (Å²) in [5, 5.41) is 8.01. The normalized spacial score (nSPS) is 23.9. The van der Waals surface area contributed by atoms with Gasteiger partial charge in [-0.25, -0.2) is 0 Å². The van der Waals surface area contributed by atoms with Gasteiger partial charge in [-0.15, -0.1) is 0 Å². The molecule has 2 fully saturated rings. The van der Waals surface area contributed by atoms with Gasteiger partial charge in [0.05, 0.1) is 24.5 Å². The second-order valence-corrected chi connectivity index (χ2v) is 8.83. The number of aromatic nitrogens is 2. The fourth-order valence-corrected chi connectivity index (χ4v) is 4.75. The van der Waals surface area contributed by atoms with Gasteiger partial charge in [0.15, 0.2) is 0 Å². The third-order valence-electron chi connectivity index (χ3n) is 6.55. The fourth-order valence-electron chi connectivity index (χ4n) is 4.75. The molecular weight excluding hydrogens is 364 g/mol. The standard InChI is InChI=1S/C23H30N4O2/c1-15-3-6-21-22(27(15)16(2)28)8-7-20(18-12-25-26(13-18)19-4-5-19)23(21)29-14-17-9-10-24-11-17/h7-8,12-13,15,17,19,24H,3-6,9-11,14H2,1-2H3. The van der Waals surface area contributed by atoms with Gasteiger partial charge >= 0.3 is 0 Å². The molecule has 1 N–H and O–H groups in total. The van der Waals surface area contributed by atoms with Gasteiger partial charge in [-0.3, -0.25) is 9.48 Å². The van der Waals surface area contributed by atoms with Crippen LogP contribution >= 0.6 is 0 Å². The molecule has 0 spiro atoms. The van der Waals surface area contributed by atoms with Crippen LogP contribution in [0.4, 0.5) is 5.69 Å². The molecular formula is C23H30N4O2. The highest BCUT2D eigenvalue weighted by molar-refractivity contribution is 5.95. The number of hydrogen-bond acceptors (Lipinski definition) is 4. The van der Waals surface area contributed by atoms with E-state index >= 15 is 0 Å². The highest BCUT2D eigenvalue weighted by Crippen LogP contribution is 2.44. The summed E-state index contributed by atoms with van der Waals surface area (Å²) in [5.74, 6) is 1.58. The molecule has 3 aliphatic rings. The molecule has 6 heteroatoms. The number of nitrogens with one attached hydrogen (secondary N) is 1. The summed E-state index contributed by atoms with van der Waals surface area (Å²) in [6, 6.07) is 4.99. The van der Waals surface area contributed by atoms with Crippen LogP contribution in [0, 0.1) is 5.92 Å². The van der Waals surface area contributed by atoms with Gasteiger partial charge in [-0.1, -0.05) is 0 Å². The number of fused-ring (bicyclic) bond motifs is 1. The number of anilines is 1. The Morgan fingerprint density at radius 3 is 2.86 bits per heavy atom. The Hall–Kier alpha value is -2.34. The molecule has 6 nitrogen and oxygen atoms in total. The van der Waals surface area contributed by atoms with Gasteiger partial charge in [0.1, 0.15) is 5.75 Å². The minimum absolute atomic E-state index is 0.0960. The van der Waals surface area contributed by atoms with Crippen molar-refractivity contribution in [2.45, 2.75) is 58.0 Å². The molecule has 3 heterocycles. The topological polar surface area (TPSA) is 59.4 Å². The molecule has 5 rings (SSSR count). The monoisotopic (exact) mass is 394 g/mol. The van der Waals surface area contributed by atoms with Crippen LogP contribution in [-0.2, 0) is 11.2 Å². The first-order chi connectivity index (χ1) is 14.1. The molecule has 2 aromatic rings. The molecule has 1 amide bonds. The molecule has 1 aromatic heterocycles. The van der Waals surface area contributed by atoms with Crippen molar-refractivity contribution in [3.05, 3.63) is 30.1 Å². The number of amides is 1. The summed E-state index contributed by atoms with van der Waals surface area (Å²) in [5.41, 5.74) is 4.38. The Kier molecular flexibility index (Phi) is 4.82. The number of ether oxygens (including phenoxy) is 1. The molecule has 1 saturated carbocycles. The van der Waals surface area contributed by atoms with Crippen LogP contribution < -0.4 is 15.0 Å². The number of hydrogen-bond donors (Lipinski definition) is 1. The summed E-state index contributed by atoms with van der Waals surface area (Å²) in [6.07, 6.45) is 9.59. The lowest BCUT2D eigenvalue weighted by Gasteiger charge is -2.36. The van der Waals surface area contributed by atoms with Crippen LogP contribution in [0.1, 0.15) is 51.1 Å². The van der Waals surface area contributed by atoms with Crippen LogP contribution in [0.15, 0.2) is 24.5 Å². The van der Waals surface area contributed by atoms with E-state index < -0.39 is 0 Å². The summed E-state index contributed by atoms with van der Waals surface area (Å²) in [6.45, 7) is 6.58. The number of carbonyl (C=O) groups is 1. The Morgan fingerprint density at radius 1 is 1.28 bits per heavy atom. The smallest absolute Gasteiger partial charge is 0.224 e. The molecule has 0 radical (unpaired) electrons. The minimum Gasteiger partial charge on any atom is -0.492 e. The predicted molar refractivity (Wildman–Crippen MR) is 113 cm³/mol. The Bertz CT molecular complexity index is 912. The lowest BCUT2D eigenvalue weighted by molar-refractivity contribution is -0.117. The molecule has 2 unspecified atom stereocenters. The van der Waals surface area contributed by atoms with Crippen LogP contribution in [-0.4, -0.2) is 41.4 Å². The SMILES string of the molecule is CC(=O)N1c2ccc(-c3cnn(C4CC4)c3)c(OCC3CCNC3)c2CCC1C. The fraction of sp³-hybridized carbons (Fsp3) is 0.565. The first-order valence-corrected chi connectivity index (χ1v) is 11.0. The van der Waals surface area contributed by atoms with Crippen molar-refractivity contribution < 1.29 is 9.53 Å². The summed E-state index contributed by atoms with van der Waals surface area (Å²) >= 11 is 0. The molecule has 2 aliphatic heterocycles. The van der Waals surface area contributed by atoms with Gasteiger partial charge in [-0.2, -0.15) is 5.10 Å². The van der Waals surface area contributed by atoms with E-state index in [2.05, 4.69) is 40.4 Å². The van der Waals surface area contributed by atoms with E-state index in [1.807, 2.05) is 11.1 Å². The minimum atomic E-state index is 0.0960. The molecule has 1 aliphatic carbocycles. The Balaban J connectivity index is 1.55. The van der Waals surface area contributed by atoms with Gasteiger partial charge in [0.25, 0.3) is 0 Å². The molecule has 29 heavy (non-hydrogen) atoms. The van der Waals surface area contributed by atoms with E-state index in [0.29, 0.717) is 18.6 Å². The maximum absolute atomic E-state index is 12.4. The average molecular weight is 395 g/mol. The van der Waals surface area contributed by atoms with E-state index in [9.17, 15) is 4.79 Å². The Labute approximate surface area is 172 Å². The third kappa shape index (κ3) is 3.54. The van der Waals surface area contributed by atoms with Crippen molar-refractivity contribution in [3.8, 4) is 16.9 Å². The molecule has 0 bridgehead atoms. The maximum Gasteiger partial charge on any atom is 0.224 e. The van der Waals surface area contributed by atoms with Gasteiger partial charge in [0.2, 0.25) is 5.91 Å². The molecule has 2 atom stereocenters. The van der Waals surface area contributed by atoms with E-state index in [1.54, 1.807) is 6.92 Å². The van der Waals surface area contributed by atoms with Crippen LogP contribution in [0.5, 0.6) is 5.75 Å². The number of rotatable bonds is 5. The highest BCUT2D eigenvalue weighted by atomic mass is 16.5. The van der Waals surface area contributed by atoms with Crippen molar-refractivity contribution in [1.82, 2.24) is 15.1 Å². The lowest BCUT2D eigenvalue weighted by Crippen LogP contribution is -2.40. The second-order valence-electron chi connectivity index (χ2n) is 8.83. The van der Waals surface area contributed by atoms with Crippen molar-refractivity contribution in [2.24, 2.45) is 5.92 Å². The van der Waals surface area contributed by atoms with Crippen LogP contribution in [0.3, 0.4) is 0 Å². The number of carbonyl (C=O) groups excluding carboxylic acids is 1. The summed E-state index contributed by atoms with van der Waals surface area (Å²) in [7, 11) is 0. The van der Waals surface area contributed by atoms with Crippen molar-refractivity contribution in [1.29, 1.82) is 0 Å². The van der Waals surface area contributed by atoms with Gasteiger partial charge in [-0.05, 0) is 57.7 Å². The zero-order valence-corrected chi connectivity index (χ0v) is 17.4. The van der Waals surface area contributed by atoms with Crippen molar-refractivity contribution >= 4 is 11.6 Å². The third-order valence-corrected chi connectivity index (χ3v) is 6.55. The van der Waals surface area contributed by atoms with E-state index in [0.717, 1.165) is 54.9 Å². The van der Waals surface area contributed by atoms with Crippen molar-refractivity contribution in [3.63, 3.8) is 0 Å². The molecule has 1 saturated heterocycles. The van der Waals surface area contributed by atoms with Crippen molar-refractivity contribution in [2.75, 3.05) is 24.6 Å². The van der Waals surface area contributed by atoms with E-state index in [1.165, 1.54) is 18.4 Å².